The maximum absolute atomic E-state index is 14.1. The number of carbonyl (C=O) groups is 2. The first-order valence-corrected chi connectivity index (χ1v) is 12.4. The number of sulfone groups is 1. The van der Waals surface area contributed by atoms with Crippen molar-refractivity contribution < 1.29 is 22.4 Å². The zero-order chi connectivity index (χ0) is 22.9. The Morgan fingerprint density at radius 1 is 1.03 bits per heavy atom. The molecule has 2 aromatic carbocycles. The molecule has 2 heterocycles. The average molecular weight is 480 g/mol. The SMILES string of the molecule is O=C(CN1CCN(c2ccccc2F)C1=O)N1CCC(c2ccccc2Cl)S(=O)(=O)CC1. The summed E-state index contributed by atoms with van der Waals surface area (Å²) in [5.74, 6) is -1.01. The van der Waals surface area contributed by atoms with E-state index < -0.39 is 26.9 Å². The molecule has 32 heavy (non-hydrogen) atoms. The number of benzene rings is 2. The maximum atomic E-state index is 14.1. The molecule has 1 atom stereocenters. The first-order valence-electron chi connectivity index (χ1n) is 10.3. The molecule has 0 aliphatic carbocycles. The Hall–Kier alpha value is -2.65. The fourth-order valence-electron chi connectivity index (χ4n) is 4.17. The fourth-order valence-corrected chi connectivity index (χ4v) is 6.31. The van der Waals surface area contributed by atoms with Gasteiger partial charge in [-0.3, -0.25) is 9.69 Å². The summed E-state index contributed by atoms with van der Waals surface area (Å²) < 4.78 is 39.8. The van der Waals surface area contributed by atoms with Gasteiger partial charge in [0.25, 0.3) is 0 Å². The molecular formula is C22H23ClFN3O4S. The van der Waals surface area contributed by atoms with Crippen molar-refractivity contribution in [1.29, 1.82) is 0 Å². The van der Waals surface area contributed by atoms with Crippen LogP contribution in [0.15, 0.2) is 48.5 Å². The number of amides is 3. The fraction of sp³-hybridized carbons (Fsp3) is 0.364. The molecule has 10 heteroatoms. The number of hydrogen-bond acceptors (Lipinski definition) is 4. The molecule has 0 N–H and O–H groups in total. The Balaban J connectivity index is 1.43. The first-order chi connectivity index (χ1) is 15.3. The normalized spacial score (nSPS) is 21.0. The van der Waals surface area contributed by atoms with Gasteiger partial charge in [0.05, 0.1) is 16.7 Å². The van der Waals surface area contributed by atoms with Gasteiger partial charge in [0.2, 0.25) is 5.91 Å². The number of halogens is 2. The van der Waals surface area contributed by atoms with Gasteiger partial charge in [0.1, 0.15) is 12.4 Å². The third-order valence-corrected chi connectivity index (χ3v) is 8.36. The minimum Gasteiger partial charge on any atom is -0.340 e. The largest absolute Gasteiger partial charge is 0.340 e. The highest BCUT2D eigenvalue weighted by atomic mass is 35.5. The second-order valence-electron chi connectivity index (χ2n) is 7.85. The molecule has 2 aromatic rings. The molecule has 2 aliphatic heterocycles. The Morgan fingerprint density at radius 2 is 1.75 bits per heavy atom. The van der Waals surface area contributed by atoms with E-state index >= 15 is 0 Å². The third kappa shape index (κ3) is 4.45. The monoisotopic (exact) mass is 479 g/mol. The molecule has 1 unspecified atom stereocenters. The van der Waals surface area contributed by atoms with E-state index in [1.807, 2.05) is 0 Å². The van der Waals surface area contributed by atoms with Crippen molar-refractivity contribution in [2.24, 2.45) is 0 Å². The number of urea groups is 1. The Morgan fingerprint density at radius 3 is 2.50 bits per heavy atom. The summed E-state index contributed by atoms with van der Waals surface area (Å²) in [5, 5.41) is -0.393. The molecule has 170 valence electrons. The number of rotatable bonds is 4. The highest BCUT2D eigenvalue weighted by Gasteiger charge is 2.36. The van der Waals surface area contributed by atoms with Gasteiger partial charge in [-0.15, -0.1) is 0 Å². The zero-order valence-electron chi connectivity index (χ0n) is 17.3. The lowest BCUT2D eigenvalue weighted by Gasteiger charge is -2.24. The number of nitrogens with zero attached hydrogens (tertiary/aromatic N) is 3. The van der Waals surface area contributed by atoms with E-state index in [1.165, 1.54) is 26.8 Å². The van der Waals surface area contributed by atoms with Gasteiger partial charge in [-0.05, 0) is 30.2 Å². The van der Waals surface area contributed by atoms with Crippen LogP contribution in [0.25, 0.3) is 0 Å². The van der Waals surface area contributed by atoms with Gasteiger partial charge in [0.15, 0.2) is 9.84 Å². The van der Waals surface area contributed by atoms with Crippen molar-refractivity contribution in [3.8, 4) is 0 Å². The van der Waals surface area contributed by atoms with E-state index in [0.29, 0.717) is 10.6 Å². The second-order valence-corrected chi connectivity index (χ2v) is 10.6. The van der Waals surface area contributed by atoms with Crippen LogP contribution in [0.3, 0.4) is 0 Å². The van der Waals surface area contributed by atoms with Crippen LogP contribution in [0, 0.1) is 5.82 Å². The van der Waals surface area contributed by atoms with Gasteiger partial charge >= 0.3 is 6.03 Å². The molecule has 3 amide bonds. The van der Waals surface area contributed by atoms with Crippen molar-refractivity contribution in [3.05, 3.63) is 64.9 Å². The third-order valence-electron chi connectivity index (χ3n) is 5.91. The molecule has 2 saturated heterocycles. The van der Waals surface area contributed by atoms with Crippen LogP contribution in [0.5, 0.6) is 0 Å². The van der Waals surface area contributed by atoms with Crippen molar-refractivity contribution in [1.82, 2.24) is 9.80 Å². The second kappa shape index (κ2) is 9.07. The van der Waals surface area contributed by atoms with E-state index in [-0.39, 0.29) is 56.5 Å². The highest BCUT2D eigenvalue weighted by molar-refractivity contribution is 7.91. The van der Waals surface area contributed by atoms with Gasteiger partial charge in [0, 0.05) is 31.2 Å². The minimum atomic E-state index is -3.50. The summed E-state index contributed by atoms with van der Waals surface area (Å²) in [4.78, 5) is 29.8. The minimum absolute atomic E-state index is 0.0567. The van der Waals surface area contributed by atoms with Crippen LogP contribution in [0.1, 0.15) is 17.2 Å². The lowest BCUT2D eigenvalue weighted by atomic mass is 10.1. The van der Waals surface area contributed by atoms with Crippen molar-refractivity contribution in [2.75, 3.05) is 43.4 Å². The van der Waals surface area contributed by atoms with Crippen LogP contribution < -0.4 is 4.90 Å². The summed E-state index contributed by atoms with van der Waals surface area (Å²) >= 11 is 6.22. The number of anilines is 1. The van der Waals surface area contributed by atoms with Gasteiger partial charge in [-0.1, -0.05) is 41.9 Å². The first kappa shape index (κ1) is 22.5. The lowest BCUT2D eigenvalue weighted by Crippen LogP contribution is -2.43. The summed E-state index contributed by atoms with van der Waals surface area (Å²) in [6.07, 6.45) is 0.229. The Kier molecular flexibility index (Phi) is 6.39. The van der Waals surface area contributed by atoms with Crippen molar-refractivity contribution >= 4 is 39.1 Å². The maximum Gasteiger partial charge on any atom is 0.325 e. The Labute approximate surface area is 191 Å². The molecule has 0 radical (unpaired) electrons. The molecule has 2 aliphatic rings. The molecule has 7 nitrogen and oxygen atoms in total. The summed E-state index contributed by atoms with van der Waals surface area (Å²) in [6, 6.07) is 12.4. The molecule has 4 rings (SSSR count). The van der Waals surface area contributed by atoms with Gasteiger partial charge < -0.3 is 9.80 Å². The van der Waals surface area contributed by atoms with E-state index in [4.69, 9.17) is 11.6 Å². The number of carbonyl (C=O) groups excluding carboxylic acids is 2. The predicted molar refractivity (Wildman–Crippen MR) is 120 cm³/mol. The average Bonchev–Trinajstić information content (AvgIpc) is 3.02. The topological polar surface area (TPSA) is 78.0 Å². The molecular weight excluding hydrogens is 457 g/mol. The van der Waals surface area contributed by atoms with Crippen LogP contribution >= 0.6 is 11.6 Å². The van der Waals surface area contributed by atoms with Crippen molar-refractivity contribution in [3.63, 3.8) is 0 Å². The summed E-state index contributed by atoms with van der Waals surface area (Å²) in [6.45, 7) is 0.679. The van der Waals surface area contributed by atoms with Crippen LogP contribution in [-0.2, 0) is 14.6 Å². The summed E-state index contributed by atoms with van der Waals surface area (Å²) in [5.41, 5.74) is 0.717. The lowest BCUT2D eigenvalue weighted by molar-refractivity contribution is -0.131. The predicted octanol–water partition coefficient (Wildman–Crippen LogP) is 3.11. The zero-order valence-corrected chi connectivity index (χ0v) is 18.9. The molecule has 0 saturated carbocycles. The van der Waals surface area contributed by atoms with Gasteiger partial charge in [-0.25, -0.2) is 17.6 Å². The molecule has 2 fully saturated rings. The standard InChI is InChI=1S/C22H23ClFN3O4S/c23-17-6-2-1-5-16(17)20-9-10-25(13-14-32(20,30)31)21(28)15-26-11-12-27(22(26)29)19-8-4-3-7-18(19)24/h1-8,20H,9-15H2. The number of hydrogen-bond donors (Lipinski definition) is 0. The Bertz CT molecular complexity index is 1140. The van der Waals surface area contributed by atoms with E-state index in [2.05, 4.69) is 0 Å². The van der Waals surface area contributed by atoms with Crippen LogP contribution in [0.2, 0.25) is 5.02 Å². The molecule has 0 bridgehead atoms. The van der Waals surface area contributed by atoms with Crippen LogP contribution in [-0.4, -0.2) is 68.6 Å². The molecule has 0 aromatic heterocycles. The van der Waals surface area contributed by atoms with Gasteiger partial charge in [-0.2, -0.15) is 0 Å². The summed E-state index contributed by atoms with van der Waals surface area (Å²) in [7, 11) is -3.50. The quantitative estimate of drug-likeness (QED) is 0.675. The van der Waals surface area contributed by atoms with E-state index in [0.717, 1.165) is 0 Å². The van der Waals surface area contributed by atoms with E-state index in [1.54, 1.807) is 36.4 Å². The molecule has 0 spiro atoms. The van der Waals surface area contributed by atoms with Crippen molar-refractivity contribution in [2.45, 2.75) is 11.7 Å². The smallest absolute Gasteiger partial charge is 0.325 e. The van der Waals surface area contributed by atoms with E-state index in [9.17, 15) is 22.4 Å². The number of para-hydroxylation sites is 1. The van der Waals surface area contributed by atoms with Crippen LogP contribution in [0.4, 0.5) is 14.9 Å². The highest BCUT2D eigenvalue weighted by Crippen LogP contribution is 2.34.